The normalized spacial score (nSPS) is 10.3. The van der Waals surface area contributed by atoms with Crippen molar-refractivity contribution in [2.24, 2.45) is 7.05 Å². The predicted octanol–water partition coefficient (Wildman–Crippen LogP) is 0.750. The van der Waals surface area contributed by atoms with Crippen LogP contribution in [0.3, 0.4) is 0 Å². The van der Waals surface area contributed by atoms with Crippen LogP contribution >= 0.6 is 0 Å². The Labute approximate surface area is 86.8 Å². The summed E-state index contributed by atoms with van der Waals surface area (Å²) in [4.78, 5) is 11.8. The van der Waals surface area contributed by atoms with E-state index < -0.39 is 0 Å². The molecule has 0 bridgehead atoms. The maximum absolute atomic E-state index is 11.8. The van der Waals surface area contributed by atoms with Gasteiger partial charge < -0.3 is 0 Å². The number of carbonyl (C=O) groups excluding carboxylic acids is 1. The highest BCUT2D eigenvalue weighted by molar-refractivity contribution is 6.07. The minimum Gasteiger partial charge on any atom is -0.287 e. The lowest BCUT2D eigenvalue weighted by Crippen LogP contribution is -2.04. The smallest absolute Gasteiger partial charge is 0.216 e. The molecule has 15 heavy (non-hydrogen) atoms. The number of hydrogen-bond acceptors (Lipinski definition) is 4. The standard InChI is InChI=1S/C10H10N4O/c1-7-3-4-9(13-12-7)10(15)8-5-11-14(2)6-8/h3-6H,1-2H3. The maximum atomic E-state index is 11.8. The first-order valence-corrected chi connectivity index (χ1v) is 4.50. The summed E-state index contributed by atoms with van der Waals surface area (Å²) in [5, 5.41) is 11.6. The van der Waals surface area contributed by atoms with Gasteiger partial charge in [0.15, 0.2) is 0 Å². The second-order valence-corrected chi connectivity index (χ2v) is 3.29. The third kappa shape index (κ3) is 1.90. The first kappa shape index (κ1) is 9.51. The fraction of sp³-hybridized carbons (Fsp3) is 0.200. The van der Waals surface area contributed by atoms with Crippen LogP contribution in [-0.4, -0.2) is 25.8 Å². The second-order valence-electron chi connectivity index (χ2n) is 3.29. The summed E-state index contributed by atoms with van der Waals surface area (Å²) in [7, 11) is 1.76. The molecule has 0 aliphatic heterocycles. The van der Waals surface area contributed by atoms with Gasteiger partial charge >= 0.3 is 0 Å². The van der Waals surface area contributed by atoms with Crippen LogP contribution < -0.4 is 0 Å². The minimum atomic E-state index is -0.157. The summed E-state index contributed by atoms with van der Waals surface area (Å²) in [6.07, 6.45) is 3.17. The topological polar surface area (TPSA) is 60.7 Å². The largest absolute Gasteiger partial charge is 0.287 e. The van der Waals surface area contributed by atoms with Crippen LogP contribution in [0.15, 0.2) is 24.5 Å². The molecule has 5 heteroatoms. The summed E-state index contributed by atoms with van der Waals surface area (Å²) in [6.45, 7) is 1.82. The van der Waals surface area contributed by atoms with Gasteiger partial charge in [0.25, 0.3) is 0 Å². The molecule has 0 atom stereocenters. The average molecular weight is 202 g/mol. The lowest BCUT2D eigenvalue weighted by atomic mass is 10.1. The van der Waals surface area contributed by atoms with Crippen molar-refractivity contribution in [2.45, 2.75) is 6.92 Å². The zero-order valence-corrected chi connectivity index (χ0v) is 8.51. The summed E-state index contributed by atoms with van der Waals surface area (Å²) in [6, 6.07) is 3.42. The van der Waals surface area contributed by atoms with E-state index in [1.807, 2.05) is 6.92 Å². The number of ketones is 1. The molecule has 0 saturated heterocycles. The number of carbonyl (C=O) groups is 1. The Kier molecular flexibility index (Phi) is 2.29. The molecule has 5 nitrogen and oxygen atoms in total. The van der Waals surface area contributed by atoms with Crippen LogP contribution in [0.5, 0.6) is 0 Å². The van der Waals surface area contributed by atoms with E-state index in [9.17, 15) is 4.79 Å². The van der Waals surface area contributed by atoms with Gasteiger partial charge in [-0.3, -0.25) is 9.48 Å². The second kappa shape index (κ2) is 3.61. The molecule has 0 aliphatic carbocycles. The van der Waals surface area contributed by atoms with E-state index >= 15 is 0 Å². The van der Waals surface area contributed by atoms with Crippen LogP contribution in [0.25, 0.3) is 0 Å². The zero-order chi connectivity index (χ0) is 10.8. The third-order valence-corrected chi connectivity index (χ3v) is 2.00. The van der Waals surface area contributed by atoms with E-state index in [4.69, 9.17) is 0 Å². The van der Waals surface area contributed by atoms with E-state index in [0.29, 0.717) is 11.3 Å². The lowest BCUT2D eigenvalue weighted by Gasteiger charge is -1.95. The minimum absolute atomic E-state index is 0.157. The van der Waals surface area contributed by atoms with Crippen LogP contribution in [-0.2, 0) is 7.05 Å². The van der Waals surface area contributed by atoms with Crippen molar-refractivity contribution in [3.63, 3.8) is 0 Å². The molecule has 0 N–H and O–H groups in total. The first-order chi connectivity index (χ1) is 7.16. The Hall–Kier alpha value is -2.04. The van der Waals surface area contributed by atoms with E-state index in [1.165, 1.54) is 6.20 Å². The highest BCUT2D eigenvalue weighted by Gasteiger charge is 2.12. The molecule has 2 heterocycles. The highest BCUT2D eigenvalue weighted by atomic mass is 16.1. The van der Waals surface area contributed by atoms with E-state index in [1.54, 1.807) is 30.1 Å². The SMILES string of the molecule is Cc1ccc(C(=O)c2cnn(C)c2)nn1. The van der Waals surface area contributed by atoms with Gasteiger partial charge in [-0.1, -0.05) is 0 Å². The Morgan fingerprint density at radius 3 is 2.67 bits per heavy atom. The number of aryl methyl sites for hydroxylation is 2. The van der Waals surface area contributed by atoms with Crippen LogP contribution in [0.4, 0.5) is 0 Å². The van der Waals surface area contributed by atoms with Crippen molar-refractivity contribution in [1.29, 1.82) is 0 Å². The lowest BCUT2D eigenvalue weighted by molar-refractivity contribution is 0.103. The maximum Gasteiger partial charge on any atom is 0.216 e. The van der Waals surface area contributed by atoms with Gasteiger partial charge in [0.2, 0.25) is 5.78 Å². The van der Waals surface area contributed by atoms with Crippen molar-refractivity contribution in [2.75, 3.05) is 0 Å². The van der Waals surface area contributed by atoms with Crippen molar-refractivity contribution in [3.8, 4) is 0 Å². The van der Waals surface area contributed by atoms with E-state index in [-0.39, 0.29) is 5.78 Å². The number of rotatable bonds is 2. The van der Waals surface area contributed by atoms with Gasteiger partial charge in [-0.05, 0) is 19.1 Å². The van der Waals surface area contributed by atoms with Gasteiger partial charge in [-0.15, -0.1) is 5.10 Å². The summed E-state index contributed by atoms with van der Waals surface area (Å²) in [5.74, 6) is -0.157. The summed E-state index contributed by atoms with van der Waals surface area (Å²) < 4.78 is 1.58. The average Bonchev–Trinajstić information content (AvgIpc) is 2.65. The molecule has 0 unspecified atom stereocenters. The highest BCUT2D eigenvalue weighted by Crippen LogP contribution is 2.05. The monoisotopic (exact) mass is 202 g/mol. The van der Waals surface area contributed by atoms with Crippen molar-refractivity contribution < 1.29 is 4.79 Å². The van der Waals surface area contributed by atoms with Gasteiger partial charge in [0, 0.05) is 13.2 Å². The molecule has 0 saturated carbocycles. The zero-order valence-electron chi connectivity index (χ0n) is 8.51. The number of aromatic nitrogens is 4. The van der Waals surface area contributed by atoms with Crippen molar-refractivity contribution >= 4 is 5.78 Å². The van der Waals surface area contributed by atoms with Crippen molar-refractivity contribution in [1.82, 2.24) is 20.0 Å². The Bertz CT molecular complexity index is 486. The van der Waals surface area contributed by atoms with Crippen LogP contribution in [0, 0.1) is 6.92 Å². The molecule has 0 aliphatic rings. The molecule has 0 radical (unpaired) electrons. The predicted molar refractivity (Wildman–Crippen MR) is 53.4 cm³/mol. The number of nitrogens with zero attached hydrogens (tertiary/aromatic N) is 4. The van der Waals surface area contributed by atoms with E-state index in [2.05, 4.69) is 15.3 Å². The Morgan fingerprint density at radius 1 is 1.33 bits per heavy atom. The van der Waals surface area contributed by atoms with Gasteiger partial charge in [0.1, 0.15) is 5.69 Å². The molecule has 2 aromatic heterocycles. The quantitative estimate of drug-likeness (QED) is 0.674. The van der Waals surface area contributed by atoms with E-state index in [0.717, 1.165) is 5.69 Å². The molecular weight excluding hydrogens is 192 g/mol. The fourth-order valence-corrected chi connectivity index (χ4v) is 1.21. The third-order valence-electron chi connectivity index (χ3n) is 2.00. The van der Waals surface area contributed by atoms with Crippen LogP contribution in [0.2, 0.25) is 0 Å². The Morgan fingerprint density at radius 2 is 2.13 bits per heavy atom. The number of hydrogen-bond donors (Lipinski definition) is 0. The van der Waals surface area contributed by atoms with Gasteiger partial charge in [0.05, 0.1) is 17.5 Å². The molecule has 2 aromatic rings. The molecule has 0 spiro atoms. The first-order valence-electron chi connectivity index (χ1n) is 4.50. The fourth-order valence-electron chi connectivity index (χ4n) is 1.21. The molecular formula is C10H10N4O. The molecule has 0 amide bonds. The molecule has 76 valence electrons. The summed E-state index contributed by atoms with van der Waals surface area (Å²) in [5.41, 5.74) is 1.65. The summed E-state index contributed by atoms with van der Waals surface area (Å²) >= 11 is 0. The van der Waals surface area contributed by atoms with Gasteiger partial charge in [-0.25, -0.2) is 0 Å². The van der Waals surface area contributed by atoms with Crippen molar-refractivity contribution in [3.05, 3.63) is 41.5 Å². The molecule has 0 fully saturated rings. The molecule has 2 rings (SSSR count). The van der Waals surface area contributed by atoms with Gasteiger partial charge in [-0.2, -0.15) is 10.2 Å². The molecule has 0 aromatic carbocycles. The Balaban J connectivity index is 2.32. The van der Waals surface area contributed by atoms with Crippen LogP contribution in [0.1, 0.15) is 21.7 Å².